The Morgan fingerprint density at radius 2 is 2.25 bits per heavy atom. The molecule has 1 aromatic heterocycles. The number of likely N-dealkylation sites (N-methyl/N-ethyl adjacent to an activating group) is 1. The summed E-state index contributed by atoms with van der Waals surface area (Å²) in [5.41, 5.74) is 2.71. The molecule has 0 spiro atoms. The van der Waals surface area contributed by atoms with E-state index in [4.69, 9.17) is 5.84 Å². The van der Waals surface area contributed by atoms with E-state index in [0.29, 0.717) is 18.8 Å². The Hall–Kier alpha value is -1.22. The Kier molecular flexibility index (Phi) is 4.59. The number of aromatic nitrogens is 1. The lowest BCUT2D eigenvalue weighted by molar-refractivity contribution is 0.144. The largest absolute Gasteiger partial charge is 0.321 e. The SMILES string of the molecule is CCC1CN(S(=O)(=O)c2ncccc2NN)CCN1C. The lowest BCUT2D eigenvalue weighted by Gasteiger charge is -2.38. The molecule has 1 aliphatic rings. The van der Waals surface area contributed by atoms with Gasteiger partial charge in [-0.2, -0.15) is 4.31 Å². The molecule has 0 bridgehead atoms. The molecular weight excluding hydrogens is 278 g/mol. The zero-order chi connectivity index (χ0) is 14.8. The van der Waals surface area contributed by atoms with Gasteiger partial charge in [-0.3, -0.25) is 5.84 Å². The van der Waals surface area contributed by atoms with Gasteiger partial charge in [0.15, 0.2) is 5.03 Å². The Morgan fingerprint density at radius 3 is 2.90 bits per heavy atom. The predicted molar refractivity (Wildman–Crippen MR) is 77.5 cm³/mol. The molecule has 2 heterocycles. The molecule has 20 heavy (non-hydrogen) atoms. The molecule has 1 saturated heterocycles. The lowest BCUT2D eigenvalue weighted by Crippen LogP contribution is -2.53. The topological polar surface area (TPSA) is 91.6 Å². The quantitative estimate of drug-likeness (QED) is 0.604. The monoisotopic (exact) mass is 299 g/mol. The van der Waals surface area contributed by atoms with Gasteiger partial charge in [0.05, 0.1) is 5.69 Å². The van der Waals surface area contributed by atoms with Crippen LogP contribution in [0, 0.1) is 0 Å². The van der Waals surface area contributed by atoms with E-state index < -0.39 is 10.0 Å². The van der Waals surface area contributed by atoms with Gasteiger partial charge in [0.2, 0.25) is 0 Å². The summed E-state index contributed by atoms with van der Waals surface area (Å²) in [6, 6.07) is 3.48. The van der Waals surface area contributed by atoms with Gasteiger partial charge in [0, 0.05) is 31.9 Å². The van der Waals surface area contributed by atoms with Crippen molar-refractivity contribution in [1.29, 1.82) is 0 Å². The van der Waals surface area contributed by atoms with Crippen molar-refractivity contribution in [2.24, 2.45) is 5.84 Å². The molecule has 1 atom stereocenters. The first-order valence-electron chi connectivity index (χ1n) is 6.62. The fourth-order valence-electron chi connectivity index (χ4n) is 2.41. The molecule has 3 N–H and O–H groups in total. The number of piperazine rings is 1. The molecule has 1 unspecified atom stereocenters. The number of hydrogen-bond donors (Lipinski definition) is 2. The van der Waals surface area contributed by atoms with E-state index in [0.717, 1.165) is 13.0 Å². The molecule has 112 valence electrons. The highest BCUT2D eigenvalue weighted by Gasteiger charge is 2.34. The van der Waals surface area contributed by atoms with Gasteiger partial charge in [-0.25, -0.2) is 13.4 Å². The van der Waals surface area contributed by atoms with E-state index in [-0.39, 0.29) is 11.1 Å². The van der Waals surface area contributed by atoms with Gasteiger partial charge in [-0.1, -0.05) is 6.92 Å². The molecule has 0 aliphatic carbocycles. The van der Waals surface area contributed by atoms with Crippen LogP contribution in [-0.4, -0.2) is 55.3 Å². The van der Waals surface area contributed by atoms with E-state index in [2.05, 4.69) is 22.2 Å². The summed E-state index contributed by atoms with van der Waals surface area (Å²) >= 11 is 0. The van der Waals surface area contributed by atoms with Crippen LogP contribution < -0.4 is 11.3 Å². The number of rotatable bonds is 4. The fourth-order valence-corrected chi connectivity index (χ4v) is 3.94. The number of anilines is 1. The maximum absolute atomic E-state index is 12.7. The average molecular weight is 299 g/mol. The van der Waals surface area contributed by atoms with Crippen molar-refractivity contribution in [3.8, 4) is 0 Å². The third-order valence-corrected chi connectivity index (χ3v) is 5.55. The van der Waals surface area contributed by atoms with Crippen molar-refractivity contribution in [3.63, 3.8) is 0 Å². The first kappa shape index (κ1) is 15.2. The normalized spacial score (nSPS) is 21.9. The maximum Gasteiger partial charge on any atom is 0.262 e. The summed E-state index contributed by atoms with van der Waals surface area (Å²) in [5.74, 6) is 5.37. The van der Waals surface area contributed by atoms with Crippen LogP contribution in [0.15, 0.2) is 23.4 Å². The molecule has 0 radical (unpaired) electrons. The Bertz CT molecular complexity index is 563. The second-order valence-corrected chi connectivity index (χ2v) is 6.76. The minimum Gasteiger partial charge on any atom is -0.321 e. The lowest BCUT2D eigenvalue weighted by atomic mass is 10.1. The number of sulfonamides is 1. The van der Waals surface area contributed by atoms with E-state index in [1.165, 1.54) is 10.5 Å². The zero-order valence-electron chi connectivity index (χ0n) is 11.8. The molecule has 0 saturated carbocycles. The van der Waals surface area contributed by atoms with Crippen LogP contribution in [0.2, 0.25) is 0 Å². The number of nitrogens with two attached hydrogens (primary N) is 1. The van der Waals surface area contributed by atoms with Crippen LogP contribution in [0.25, 0.3) is 0 Å². The van der Waals surface area contributed by atoms with Crippen LogP contribution in [-0.2, 0) is 10.0 Å². The molecular formula is C12H21N5O2S. The Morgan fingerprint density at radius 1 is 1.50 bits per heavy atom. The van der Waals surface area contributed by atoms with Crippen molar-refractivity contribution in [3.05, 3.63) is 18.3 Å². The number of nitrogens with one attached hydrogen (secondary N) is 1. The summed E-state index contributed by atoms with van der Waals surface area (Å²) in [6.45, 7) is 3.73. The van der Waals surface area contributed by atoms with Crippen molar-refractivity contribution in [2.45, 2.75) is 24.4 Å². The molecule has 8 heteroatoms. The Labute approximate surface area is 119 Å². The summed E-state index contributed by atoms with van der Waals surface area (Å²) in [5, 5.41) is -0.0121. The van der Waals surface area contributed by atoms with Gasteiger partial charge < -0.3 is 10.3 Å². The van der Waals surface area contributed by atoms with Crippen LogP contribution in [0.4, 0.5) is 5.69 Å². The van der Waals surface area contributed by atoms with Crippen LogP contribution in [0.1, 0.15) is 13.3 Å². The van der Waals surface area contributed by atoms with Crippen LogP contribution in [0.3, 0.4) is 0 Å². The van der Waals surface area contributed by atoms with Crippen molar-refractivity contribution >= 4 is 15.7 Å². The number of hydrogen-bond acceptors (Lipinski definition) is 6. The highest BCUT2D eigenvalue weighted by atomic mass is 32.2. The fraction of sp³-hybridized carbons (Fsp3) is 0.583. The molecule has 1 aliphatic heterocycles. The molecule has 7 nitrogen and oxygen atoms in total. The number of pyridine rings is 1. The third kappa shape index (κ3) is 2.78. The van der Waals surface area contributed by atoms with E-state index in [1.54, 1.807) is 12.1 Å². The minimum absolute atomic E-state index is 0.0121. The summed E-state index contributed by atoms with van der Waals surface area (Å²) in [4.78, 5) is 6.17. The van der Waals surface area contributed by atoms with Crippen LogP contribution >= 0.6 is 0 Å². The second kappa shape index (κ2) is 6.04. The second-order valence-electron chi connectivity index (χ2n) is 4.91. The van der Waals surface area contributed by atoms with Gasteiger partial charge >= 0.3 is 0 Å². The van der Waals surface area contributed by atoms with Crippen molar-refractivity contribution < 1.29 is 8.42 Å². The highest BCUT2D eigenvalue weighted by molar-refractivity contribution is 7.89. The summed E-state index contributed by atoms with van der Waals surface area (Å²) in [6.07, 6.45) is 2.37. The third-order valence-electron chi connectivity index (χ3n) is 3.72. The van der Waals surface area contributed by atoms with E-state index in [1.807, 2.05) is 7.05 Å². The van der Waals surface area contributed by atoms with Crippen molar-refractivity contribution in [1.82, 2.24) is 14.2 Å². The van der Waals surface area contributed by atoms with Gasteiger partial charge in [0.25, 0.3) is 10.0 Å². The standard InChI is InChI=1S/C12H21N5O2S/c1-3-10-9-17(8-7-16(10)2)20(18,19)12-11(15-13)5-4-6-14-12/h4-6,10,15H,3,7-9,13H2,1-2H3. The van der Waals surface area contributed by atoms with Crippen LogP contribution in [0.5, 0.6) is 0 Å². The van der Waals surface area contributed by atoms with Gasteiger partial charge in [-0.15, -0.1) is 0 Å². The molecule has 0 amide bonds. The zero-order valence-corrected chi connectivity index (χ0v) is 12.6. The highest BCUT2D eigenvalue weighted by Crippen LogP contribution is 2.24. The minimum atomic E-state index is -3.62. The number of hydrazine groups is 1. The average Bonchev–Trinajstić information content (AvgIpc) is 2.47. The van der Waals surface area contributed by atoms with E-state index in [9.17, 15) is 8.42 Å². The van der Waals surface area contributed by atoms with Gasteiger partial charge in [-0.05, 0) is 25.6 Å². The molecule has 1 fully saturated rings. The molecule has 0 aromatic carbocycles. The predicted octanol–water partition coefficient (Wildman–Crippen LogP) is 0.0819. The van der Waals surface area contributed by atoms with Gasteiger partial charge in [0.1, 0.15) is 0 Å². The Balaban J connectivity index is 2.31. The smallest absolute Gasteiger partial charge is 0.262 e. The molecule has 1 aromatic rings. The summed E-state index contributed by atoms with van der Waals surface area (Å²) < 4.78 is 26.9. The number of nitrogen functional groups attached to an aromatic ring is 1. The maximum atomic E-state index is 12.7. The number of nitrogens with zero attached hydrogens (tertiary/aromatic N) is 3. The van der Waals surface area contributed by atoms with E-state index >= 15 is 0 Å². The summed E-state index contributed by atoms with van der Waals surface area (Å²) in [7, 11) is -1.60. The van der Waals surface area contributed by atoms with Crippen molar-refractivity contribution in [2.75, 3.05) is 32.1 Å². The first-order valence-corrected chi connectivity index (χ1v) is 8.06. The first-order chi connectivity index (χ1) is 9.50. The molecule has 2 rings (SSSR count).